The van der Waals surface area contributed by atoms with E-state index in [4.69, 9.17) is 11.6 Å². The molecule has 0 bridgehead atoms. The van der Waals surface area contributed by atoms with E-state index in [0.29, 0.717) is 36.9 Å². The molecule has 4 rings (SSSR count). The molecule has 3 atom stereocenters. The topological polar surface area (TPSA) is 67.9 Å². The molecule has 0 spiro atoms. The Morgan fingerprint density at radius 3 is 2.47 bits per heavy atom. The number of nitrogens with zero attached hydrogens (tertiary/aromatic N) is 3. The second-order valence-corrected chi connectivity index (χ2v) is 13.7. The third kappa shape index (κ3) is 8.93. The van der Waals surface area contributed by atoms with Crippen LogP contribution in [0.2, 0.25) is 5.02 Å². The second kappa shape index (κ2) is 15.7. The maximum atomic E-state index is 14.0. The number of rotatable bonds is 12. The molecule has 7 nitrogen and oxygen atoms in total. The fraction of sp³-hybridized carbons (Fsp3) is 0.657. The van der Waals surface area contributed by atoms with Gasteiger partial charge in [-0.2, -0.15) is 0 Å². The lowest BCUT2D eigenvalue weighted by Gasteiger charge is -2.52. The highest BCUT2D eigenvalue weighted by molar-refractivity contribution is 6.30. The van der Waals surface area contributed by atoms with Gasteiger partial charge in [0.1, 0.15) is 6.04 Å². The Balaban J connectivity index is 1.44. The van der Waals surface area contributed by atoms with Crippen LogP contribution < -0.4 is 10.6 Å². The van der Waals surface area contributed by atoms with Crippen molar-refractivity contribution < 1.29 is 9.59 Å². The van der Waals surface area contributed by atoms with Crippen LogP contribution in [0.15, 0.2) is 47.6 Å². The number of halogens is 1. The molecule has 2 saturated heterocycles. The minimum absolute atomic E-state index is 0.00195. The van der Waals surface area contributed by atoms with Gasteiger partial charge < -0.3 is 20.4 Å². The minimum Gasteiger partial charge on any atom is -0.344 e. The van der Waals surface area contributed by atoms with Crippen molar-refractivity contribution in [1.82, 2.24) is 25.3 Å². The molecule has 3 aliphatic heterocycles. The number of amides is 2. The molecule has 0 saturated carbocycles. The third-order valence-corrected chi connectivity index (χ3v) is 9.73. The Kier molecular flexibility index (Phi) is 12.3. The van der Waals surface area contributed by atoms with Gasteiger partial charge in [0.25, 0.3) is 0 Å². The predicted molar refractivity (Wildman–Crippen MR) is 177 cm³/mol. The van der Waals surface area contributed by atoms with Crippen LogP contribution in [0.1, 0.15) is 71.8 Å². The van der Waals surface area contributed by atoms with Gasteiger partial charge in [0, 0.05) is 68.7 Å². The van der Waals surface area contributed by atoms with E-state index in [-0.39, 0.29) is 23.4 Å². The van der Waals surface area contributed by atoms with Crippen molar-refractivity contribution in [2.24, 2.45) is 5.92 Å². The van der Waals surface area contributed by atoms with Gasteiger partial charge in [-0.25, -0.2) is 0 Å². The summed E-state index contributed by atoms with van der Waals surface area (Å²) in [6.45, 7) is 15.1. The third-order valence-electron chi connectivity index (χ3n) is 9.48. The lowest BCUT2D eigenvalue weighted by Crippen LogP contribution is -2.64. The van der Waals surface area contributed by atoms with Crippen LogP contribution >= 0.6 is 11.6 Å². The summed E-state index contributed by atoms with van der Waals surface area (Å²) in [5.74, 6) is 0.552. The quantitative estimate of drug-likeness (QED) is 0.346. The maximum absolute atomic E-state index is 14.0. The molecule has 238 valence electrons. The van der Waals surface area contributed by atoms with Crippen molar-refractivity contribution in [3.8, 4) is 0 Å². The molecule has 2 amide bonds. The number of carbonyl (C=O) groups excluding carboxylic acids is 2. The summed E-state index contributed by atoms with van der Waals surface area (Å²) in [6.07, 6.45) is 10.7. The number of nitrogens with one attached hydrogen (secondary N) is 2. The molecule has 3 unspecified atom stereocenters. The van der Waals surface area contributed by atoms with Crippen LogP contribution in [0, 0.1) is 5.92 Å². The van der Waals surface area contributed by atoms with Crippen LogP contribution in [0.5, 0.6) is 0 Å². The van der Waals surface area contributed by atoms with Gasteiger partial charge in [-0.05, 0) is 80.5 Å². The molecule has 3 aliphatic rings. The molecule has 8 heteroatoms. The molecule has 2 fully saturated rings. The highest BCUT2D eigenvalue weighted by atomic mass is 35.5. The van der Waals surface area contributed by atoms with Gasteiger partial charge in [0.15, 0.2) is 0 Å². The van der Waals surface area contributed by atoms with Gasteiger partial charge in [0.05, 0.1) is 0 Å². The van der Waals surface area contributed by atoms with E-state index < -0.39 is 6.04 Å². The van der Waals surface area contributed by atoms with Gasteiger partial charge in [-0.15, -0.1) is 0 Å². The highest BCUT2D eigenvalue weighted by Gasteiger charge is 2.42. The van der Waals surface area contributed by atoms with E-state index in [2.05, 4.69) is 67.3 Å². The molecular weight excluding hydrogens is 558 g/mol. The molecular formula is C35H54ClN5O2. The van der Waals surface area contributed by atoms with Gasteiger partial charge in [-0.3, -0.25) is 14.5 Å². The summed E-state index contributed by atoms with van der Waals surface area (Å²) in [7, 11) is 2.24. The zero-order valence-corrected chi connectivity index (χ0v) is 27.9. The Labute approximate surface area is 265 Å². The molecule has 0 radical (unpaired) electrons. The lowest BCUT2D eigenvalue weighted by molar-refractivity contribution is -0.139. The summed E-state index contributed by atoms with van der Waals surface area (Å²) in [4.78, 5) is 34.6. The van der Waals surface area contributed by atoms with E-state index in [1.165, 1.54) is 30.4 Å². The number of piperazine rings is 1. The van der Waals surface area contributed by atoms with Crippen LogP contribution in [0.3, 0.4) is 0 Å². The lowest BCUT2D eigenvalue weighted by atomic mass is 9.80. The Morgan fingerprint density at radius 2 is 1.84 bits per heavy atom. The molecule has 43 heavy (non-hydrogen) atoms. The van der Waals surface area contributed by atoms with Crippen molar-refractivity contribution in [2.75, 3.05) is 52.9 Å². The number of hydrogen-bond donors (Lipinski definition) is 2. The van der Waals surface area contributed by atoms with Gasteiger partial charge in [0.2, 0.25) is 11.8 Å². The first-order chi connectivity index (χ1) is 20.6. The number of hydrogen-bond acceptors (Lipinski definition) is 5. The number of benzene rings is 1. The van der Waals surface area contributed by atoms with E-state index in [0.717, 1.165) is 51.1 Å². The minimum atomic E-state index is -0.611. The summed E-state index contributed by atoms with van der Waals surface area (Å²) in [6, 6.07) is 6.99. The van der Waals surface area contributed by atoms with E-state index in [1.54, 1.807) is 0 Å². The smallest absolute Gasteiger partial charge is 0.245 e. The Hall–Kier alpha value is -2.19. The number of allylic oxidation sites excluding steroid dienone is 1. The molecule has 1 aromatic rings. The first-order valence-corrected chi connectivity index (χ1v) is 16.9. The first kappa shape index (κ1) is 33.7. The fourth-order valence-electron chi connectivity index (χ4n) is 7.56. The predicted octanol–water partition coefficient (Wildman–Crippen LogP) is 5.06. The summed E-state index contributed by atoms with van der Waals surface area (Å²) in [5, 5.41) is 7.34. The normalized spacial score (nSPS) is 24.7. The second-order valence-electron chi connectivity index (χ2n) is 13.3. The summed E-state index contributed by atoms with van der Waals surface area (Å²) >= 11 is 6.14. The number of carbonyl (C=O) groups is 2. The van der Waals surface area contributed by atoms with Crippen LogP contribution in [0.25, 0.3) is 0 Å². The Bertz CT molecular complexity index is 1140. The molecule has 0 aromatic heterocycles. The highest BCUT2D eigenvalue weighted by Crippen LogP contribution is 2.34. The van der Waals surface area contributed by atoms with E-state index in [1.807, 2.05) is 29.2 Å². The van der Waals surface area contributed by atoms with Gasteiger partial charge >= 0.3 is 0 Å². The molecule has 2 N–H and O–H groups in total. The molecule has 3 heterocycles. The fourth-order valence-corrected chi connectivity index (χ4v) is 7.68. The zero-order chi connectivity index (χ0) is 31.0. The summed E-state index contributed by atoms with van der Waals surface area (Å²) in [5.41, 5.74) is 3.74. The van der Waals surface area contributed by atoms with E-state index in [9.17, 15) is 9.59 Å². The number of piperidine rings is 1. The zero-order valence-electron chi connectivity index (χ0n) is 27.1. The maximum Gasteiger partial charge on any atom is 0.245 e. The van der Waals surface area contributed by atoms with E-state index >= 15 is 0 Å². The first-order valence-electron chi connectivity index (χ1n) is 16.5. The molecule has 1 aromatic carbocycles. The SMILES string of the molecule is CC/C=C\C1=C(CC)C(CC(=O)NC(Cc2ccc(Cl)cc2)C(=O)N2CCN(C3(CC(C)C)CCCN(C)C3)CC2)NC1. The molecule has 0 aliphatic carbocycles. The van der Waals surface area contributed by atoms with Crippen molar-refractivity contribution >= 4 is 23.4 Å². The Morgan fingerprint density at radius 1 is 1.12 bits per heavy atom. The van der Waals surface area contributed by atoms with Gasteiger partial charge in [-0.1, -0.05) is 63.6 Å². The van der Waals surface area contributed by atoms with Crippen LogP contribution in [-0.2, 0) is 16.0 Å². The van der Waals surface area contributed by atoms with Crippen molar-refractivity contribution in [1.29, 1.82) is 0 Å². The number of likely N-dealkylation sites (tertiary alicyclic amines) is 1. The standard InChI is InChI=1S/C35H54ClN5O2/c1-6-8-10-28-24-37-31(30(28)7-2)22-33(42)38-32(21-27-11-13-29(36)14-12-27)34(43)40-17-19-41(20-18-40)35(23-26(3)4)15-9-16-39(5)25-35/h8,10-14,26,31-32,37H,6-7,9,15-25H2,1-5H3,(H,38,42)/b10-8-. The van der Waals surface area contributed by atoms with Crippen LogP contribution in [0.4, 0.5) is 0 Å². The van der Waals surface area contributed by atoms with Crippen molar-refractivity contribution in [2.45, 2.75) is 90.3 Å². The average molecular weight is 612 g/mol. The van der Waals surface area contributed by atoms with Crippen molar-refractivity contribution in [3.05, 3.63) is 58.1 Å². The summed E-state index contributed by atoms with van der Waals surface area (Å²) < 4.78 is 0. The van der Waals surface area contributed by atoms with Crippen molar-refractivity contribution in [3.63, 3.8) is 0 Å². The largest absolute Gasteiger partial charge is 0.344 e. The average Bonchev–Trinajstić information content (AvgIpc) is 3.37. The number of likely N-dealkylation sites (N-methyl/N-ethyl adjacent to an activating group) is 1. The van der Waals surface area contributed by atoms with Crippen LogP contribution in [-0.4, -0.2) is 97.0 Å². The monoisotopic (exact) mass is 611 g/mol.